The Morgan fingerprint density at radius 2 is 2.22 bits per heavy atom. The van der Waals surface area contributed by atoms with Crippen molar-refractivity contribution in [3.63, 3.8) is 0 Å². The fourth-order valence-electron chi connectivity index (χ4n) is 2.34. The Hall–Kier alpha value is -0.940. The molecule has 18 heavy (non-hydrogen) atoms. The molecule has 5 nitrogen and oxygen atoms in total. The second kappa shape index (κ2) is 5.36. The van der Waals surface area contributed by atoms with Crippen molar-refractivity contribution in [1.82, 2.24) is 25.2 Å². The van der Waals surface area contributed by atoms with E-state index in [4.69, 9.17) is 0 Å². The van der Waals surface area contributed by atoms with Gasteiger partial charge in [-0.1, -0.05) is 11.6 Å². The van der Waals surface area contributed by atoms with Crippen molar-refractivity contribution in [2.45, 2.75) is 57.3 Å². The van der Waals surface area contributed by atoms with E-state index in [1.54, 1.807) is 0 Å². The molecule has 1 aromatic rings. The topological polar surface area (TPSA) is 46.0 Å². The first-order valence-electron chi connectivity index (χ1n) is 7.14. The summed E-state index contributed by atoms with van der Waals surface area (Å²) < 4.78 is 1.97. The van der Waals surface area contributed by atoms with Gasteiger partial charge in [0.1, 0.15) is 0 Å². The van der Waals surface area contributed by atoms with Gasteiger partial charge in [0.2, 0.25) is 0 Å². The van der Waals surface area contributed by atoms with Crippen LogP contribution >= 0.6 is 0 Å². The molecule has 2 aliphatic carbocycles. The van der Waals surface area contributed by atoms with Gasteiger partial charge in [-0.05, 0) is 32.7 Å². The lowest BCUT2D eigenvalue weighted by Gasteiger charge is -2.34. The van der Waals surface area contributed by atoms with Crippen LogP contribution in [0.1, 0.15) is 37.8 Å². The zero-order valence-corrected chi connectivity index (χ0v) is 11.2. The van der Waals surface area contributed by atoms with Gasteiger partial charge in [0.05, 0.1) is 12.2 Å². The zero-order valence-electron chi connectivity index (χ0n) is 11.2. The highest BCUT2D eigenvalue weighted by molar-refractivity contribution is 4.94. The van der Waals surface area contributed by atoms with Crippen LogP contribution in [0.5, 0.6) is 0 Å². The molecule has 2 saturated carbocycles. The standard InChI is InChI=1S/C13H23N5/c1-17(13-3-2-4-13)7-8-18-10-12(15-16-18)9-14-11-5-6-11/h10-11,13-14H,2-9H2,1H3. The third-order valence-electron chi connectivity index (χ3n) is 4.12. The van der Waals surface area contributed by atoms with Gasteiger partial charge >= 0.3 is 0 Å². The van der Waals surface area contributed by atoms with E-state index >= 15 is 0 Å². The summed E-state index contributed by atoms with van der Waals surface area (Å²) in [5.74, 6) is 0. The second-order valence-corrected chi connectivity index (χ2v) is 5.69. The maximum absolute atomic E-state index is 4.20. The highest BCUT2D eigenvalue weighted by Gasteiger charge is 2.22. The van der Waals surface area contributed by atoms with Crippen molar-refractivity contribution in [1.29, 1.82) is 0 Å². The van der Waals surface area contributed by atoms with Gasteiger partial charge in [0.15, 0.2) is 0 Å². The molecule has 0 atom stereocenters. The van der Waals surface area contributed by atoms with E-state index in [1.807, 2.05) is 4.68 Å². The van der Waals surface area contributed by atoms with Crippen molar-refractivity contribution < 1.29 is 0 Å². The number of hydrogen-bond donors (Lipinski definition) is 1. The van der Waals surface area contributed by atoms with Crippen molar-refractivity contribution in [2.75, 3.05) is 13.6 Å². The van der Waals surface area contributed by atoms with E-state index in [1.165, 1.54) is 32.1 Å². The quantitative estimate of drug-likeness (QED) is 0.783. The van der Waals surface area contributed by atoms with Crippen LogP contribution in [-0.4, -0.2) is 45.6 Å². The van der Waals surface area contributed by atoms with Gasteiger partial charge in [-0.15, -0.1) is 5.10 Å². The van der Waals surface area contributed by atoms with E-state index in [0.29, 0.717) is 0 Å². The Kier molecular flexibility index (Phi) is 3.61. The molecule has 0 aromatic carbocycles. The molecule has 0 unspecified atom stereocenters. The molecule has 0 aliphatic heterocycles. The van der Waals surface area contributed by atoms with Gasteiger partial charge in [-0.2, -0.15) is 0 Å². The van der Waals surface area contributed by atoms with E-state index in [0.717, 1.165) is 37.4 Å². The number of aromatic nitrogens is 3. The molecule has 2 fully saturated rings. The van der Waals surface area contributed by atoms with Crippen LogP contribution in [0.25, 0.3) is 0 Å². The molecule has 0 spiro atoms. The number of rotatable bonds is 7. The summed E-state index contributed by atoms with van der Waals surface area (Å²) in [5.41, 5.74) is 1.06. The van der Waals surface area contributed by atoms with E-state index in [2.05, 4.69) is 33.8 Å². The van der Waals surface area contributed by atoms with E-state index in [9.17, 15) is 0 Å². The fraction of sp³-hybridized carbons (Fsp3) is 0.846. The van der Waals surface area contributed by atoms with E-state index in [-0.39, 0.29) is 0 Å². The van der Waals surface area contributed by atoms with Crippen LogP contribution < -0.4 is 5.32 Å². The first kappa shape index (κ1) is 12.1. The SMILES string of the molecule is CN(CCn1cc(CNC2CC2)nn1)C1CCC1. The predicted molar refractivity (Wildman–Crippen MR) is 70.2 cm³/mol. The number of likely N-dealkylation sites (N-methyl/N-ethyl adjacent to an activating group) is 1. The highest BCUT2D eigenvalue weighted by atomic mass is 15.4. The minimum atomic E-state index is 0.736. The molecule has 1 heterocycles. The van der Waals surface area contributed by atoms with Crippen molar-refractivity contribution in [3.8, 4) is 0 Å². The molecule has 5 heteroatoms. The minimum absolute atomic E-state index is 0.736. The molecule has 1 N–H and O–H groups in total. The normalized spacial score (nSPS) is 20.3. The minimum Gasteiger partial charge on any atom is -0.308 e. The summed E-state index contributed by atoms with van der Waals surface area (Å²) in [4.78, 5) is 2.45. The molecular weight excluding hydrogens is 226 g/mol. The zero-order chi connectivity index (χ0) is 12.4. The summed E-state index contributed by atoms with van der Waals surface area (Å²) in [7, 11) is 2.22. The average Bonchev–Trinajstić information content (AvgIpc) is 3.01. The summed E-state index contributed by atoms with van der Waals surface area (Å²) in [6.45, 7) is 2.88. The Morgan fingerprint density at radius 1 is 1.39 bits per heavy atom. The summed E-state index contributed by atoms with van der Waals surface area (Å²) in [6.07, 6.45) is 8.84. The lowest BCUT2D eigenvalue weighted by Crippen LogP contribution is -2.38. The Bertz CT molecular complexity index is 380. The third kappa shape index (κ3) is 3.09. The monoisotopic (exact) mass is 249 g/mol. The number of hydrogen-bond acceptors (Lipinski definition) is 4. The molecule has 0 radical (unpaired) electrons. The lowest BCUT2D eigenvalue weighted by atomic mass is 9.92. The van der Waals surface area contributed by atoms with Crippen LogP contribution in [0.3, 0.4) is 0 Å². The smallest absolute Gasteiger partial charge is 0.0964 e. The molecule has 0 saturated heterocycles. The van der Waals surface area contributed by atoms with Crippen LogP contribution in [0, 0.1) is 0 Å². The largest absolute Gasteiger partial charge is 0.308 e. The van der Waals surface area contributed by atoms with Gasteiger partial charge in [-0.25, -0.2) is 0 Å². The molecular formula is C13H23N5. The first-order valence-corrected chi connectivity index (χ1v) is 7.14. The fourth-order valence-corrected chi connectivity index (χ4v) is 2.34. The molecule has 3 rings (SSSR count). The van der Waals surface area contributed by atoms with Gasteiger partial charge < -0.3 is 10.2 Å². The predicted octanol–water partition coefficient (Wildman–Crippen LogP) is 1.01. The summed E-state index contributed by atoms with van der Waals surface area (Å²) in [5, 5.41) is 11.9. The van der Waals surface area contributed by atoms with Crippen molar-refractivity contribution in [3.05, 3.63) is 11.9 Å². The van der Waals surface area contributed by atoms with Gasteiger partial charge in [0.25, 0.3) is 0 Å². The second-order valence-electron chi connectivity index (χ2n) is 5.69. The van der Waals surface area contributed by atoms with Crippen LogP contribution in [-0.2, 0) is 13.1 Å². The van der Waals surface area contributed by atoms with E-state index < -0.39 is 0 Å². The highest BCUT2D eigenvalue weighted by Crippen LogP contribution is 2.23. The Balaban J connectivity index is 1.41. The molecule has 2 aliphatic rings. The summed E-state index contributed by atoms with van der Waals surface area (Å²) in [6, 6.07) is 1.55. The lowest BCUT2D eigenvalue weighted by molar-refractivity contribution is 0.153. The van der Waals surface area contributed by atoms with Crippen LogP contribution in [0.2, 0.25) is 0 Å². The van der Waals surface area contributed by atoms with Crippen molar-refractivity contribution >= 4 is 0 Å². The van der Waals surface area contributed by atoms with Crippen molar-refractivity contribution in [2.24, 2.45) is 0 Å². The third-order valence-corrected chi connectivity index (χ3v) is 4.12. The van der Waals surface area contributed by atoms with Crippen LogP contribution in [0.15, 0.2) is 6.20 Å². The number of nitrogens with one attached hydrogen (secondary N) is 1. The Labute approximate surface area is 109 Å². The molecule has 0 bridgehead atoms. The van der Waals surface area contributed by atoms with Gasteiger partial charge in [-0.3, -0.25) is 4.68 Å². The summed E-state index contributed by atoms with van der Waals surface area (Å²) >= 11 is 0. The average molecular weight is 249 g/mol. The van der Waals surface area contributed by atoms with Gasteiger partial charge in [0, 0.05) is 31.4 Å². The molecule has 1 aromatic heterocycles. The van der Waals surface area contributed by atoms with Crippen LogP contribution in [0.4, 0.5) is 0 Å². The number of nitrogens with zero attached hydrogens (tertiary/aromatic N) is 4. The Morgan fingerprint density at radius 3 is 2.89 bits per heavy atom. The molecule has 0 amide bonds. The first-order chi connectivity index (χ1) is 8.81. The maximum atomic E-state index is 4.20. The maximum Gasteiger partial charge on any atom is 0.0964 e. The molecule has 100 valence electrons.